The van der Waals surface area contributed by atoms with Crippen molar-refractivity contribution in [2.24, 2.45) is 0 Å². The van der Waals surface area contributed by atoms with Crippen molar-refractivity contribution < 1.29 is 23.6 Å². The van der Waals surface area contributed by atoms with Crippen LogP contribution in [0.5, 0.6) is 5.75 Å². The average molecular weight is 290 g/mol. The van der Waals surface area contributed by atoms with Crippen LogP contribution in [-0.4, -0.2) is 30.7 Å². The summed E-state index contributed by atoms with van der Waals surface area (Å²) in [6.45, 7) is 1.52. The van der Waals surface area contributed by atoms with Gasteiger partial charge in [0.25, 0.3) is 5.91 Å². The number of carbonyl (C=O) groups is 2. The van der Waals surface area contributed by atoms with Crippen LogP contribution in [0.15, 0.2) is 34.9 Å². The molecule has 0 radical (unpaired) electrons. The van der Waals surface area contributed by atoms with Crippen molar-refractivity contribution in [2.45, 2.75) is 6.92 Å². The third-order valence-electron chi connectivity index (χ3n) is 2.53. The molecular formula is C14H14N2O5. The summed E-state index contributed by atoms with van der Waals surface area (Å²) >= 11 is 0. The molecule has 0 bridgehead atoms. The van der Waals surface area contributed by atoms with Gasteiger partial charge in [-0.05, 0) is 19.1 Å². The highest BCUT2D eigenvalue weighted by atomic mass is 16.6. The number of hydrogen-bond acceptors (Lipinski definition) is 6. The minimum atomic E-state index is -0.485. The van der Waals surface area contributed by atoms with Crippen molar-refractivity contribution >= 4 is 17.6 Å². The van der Waals surface area contributed by atoms with Gasteiger partial charge in [0.2, 0.25) is 5.76 Å². The van der Waals surface area contributed by atoms with Crippen molar-refractivity contribution in [3.05, 3.63) is 41.8 Å². The minimum absolute atomic E-state index is 0.119. The maximum Gasteiger partial charge on any atom is 0.343 e. The minimum Gasteiger partial charge on any atom is -0.482 e. The fourth-order valence-corrected chi connectivity index (χ4v) is 1.53. The average Bonchev–Trinajstić information content (AvgIpc) is 2.92. The Hall–Kier alpha value is -2.83. The van der Waals surface area contributed by atoms with Gasteiger partial charge < -0.3 is 19.3 Å². The molecule has 21 heavy (non-hydrogen) atoms. The van der Waals surface area contributed by atoms with Crippen LogP contribution in [-0.2, 0) is 9.53 Å². The Balaban J connectivity index is 2.00. The first-order valence-electron chi connectivity index (χ1n) is 6.13. The Morgan fingerprint density at radius 2 is 2.14 bits per heavy atom. The third-order valence-corrected chi connectivity index (χ3v) is 2.53. The van der Waals surface area contributed by atoms with E-state index in [1.54, 1.807) is 31.2 Å². The van der Waals surface area contributed by atoms with Gasteiger partial charge in [0, 0.05) is 17.8 Å². The van der Waals surface area contributed by atoms with Crippen molar-refractivity contribution in [2.75, 3.05) is 19.0 Å². The molecule has 110 valence electrons. The van der Waals surface area contributed by atoms with Crippen LogP contribution >= 0.6 is 0 Å². The maximum absolute atomic E-state index is 11.9. The van der Waals surface area contributed by atoms with Gasteiger partial charge in [0.05, 0.1) is 12.8 Å². The first-order valence-corrected chi connectivity index (χ1v) is 6.13. The van der Waals surface area contributed by atoms with Crippen molar-refractivity contribution in [3.63, 3.8) is 0 Å². The SMILES string of the molecule is COC(=O)COc1cccc(NC(=O)c2cc(C)no2)c1. The predicted molar refractivity (Wildman–Crippen MR) is 73.1 cm³/mol. The molecule has 0 fully saturated rings. The van der Waals surface area contributed by atoms with E-state index in [2.05, 4.69) is 15.2 Å². The fraction of sp³-hybridized carbons (Fsp3) is 0.214. The normalized spacial score (nSPS) is 10.0. The number of amides is 1. The molecule has 0 spiro atoms. The predicted octanol–water partition coefficient (Wildman–Crippen LogP) is 1.79. The lowest BCUT2D eigenvalue weighted by molar-refractivity contribution is -0.142. The highest BCUT2D eigenvalue weighted by molar-refractivity contribution is 6.02. The van der Waals surface area contributed by atoms with Crippen molar-refractivity contribution in [1.29, 1.82) is 0 Å². The Labute approximate surface area is 120 Å². The van der Waals surface area contributed by atoms with E-state index < -0.39 is 11.9 Å². The number of carbonyl (C=O) groups excluding carboxylic acids is 2. The molecule has 0 aliphatic rings. The molecule has 7 heteroatoms. The zero-order valence-electron chi connectivity index (χ0n) is 11.6. The molecule has 1 heterocycles. The molecule has 0 atom stereocenters. The molecule has 2 rings (SSSR count). The molecule has 0 aliphatic heterocycles. The molecular weight excluding hydrogens is 276 g/mol. The van der Waals surface area contributed by atoms with Crippen LogP contribution < -0.4 is 10.1 Å². The number of aryl methyl sites for hydroxylation is 1. The molecule has 1 amide bonds. The van der Waals surface area contributed by atoms with Gasteiger partial charge in [-0.2, -0.15) is 0 Å². The van der Waals surface area contributed by atoms with Gasteiger partial charge >= 0.3 is 5.97 Å². The lowest BCUT2D eigenvalue weighted by Gasteiger charge is -2.07. The fourth-order valence-electron chi connectivity index (χ4n) is 1.53. The monoisotopic (exact) mass is 290 g/mol. The van der Waals surface area contributed by atoms with Crippen LogP contribution in [0.25, 0.3) is 0 Å². The van der Waals surface area contributed by atoms with Crippen LogP contribution in [0.1, 0.15) is 16.2 Å². The number of methoxy groups -OCH3 is 1. The second-order valence-corrected chi connectivity index (χ2v) is 4.18. The first-order chi connectivity index (χ1) is 10.1. The Bertz CT molecular complexity index is 650. The summed E-state index contributed by atoms with van der Waals surface area (Å²) in [5.41, 5.74) is 1.13. The third kappa shape index (κ3) is 4.07. The number of nitrogens with one attached hydrogen (secondary N) is 1. The summed E-state index contributed by atoms with van der Waals surface area (Å²) in [6.07, 6.45) is 0. The summed E-state index contributed by atoms with van der Waals surface area (Å²) in [5, 5.41) is 6.29. The van der Waals surface area contributed by atoms with Crippen LogP contribution in [0.3, 0.4) is 0 Å². The number of aromatic nitrogens is 1. The van der Waals surface area contributed by atoms with E-state index in [1.807, 2.05) is 0 Å². The topological polar surface area (TPSA) is 90.7 Å². The Kier molecular flexibility index (Phi) is 4.55. The van der Waals surface area contributed by atoms with Gasteiger partial charge in [0.1, 0.15) is 5.75 Å². The van der Waals surface area contributed by atoms with Gasteiger partial charge in [-0.1, -0.05) is 11.2 Å². The summed E-state index contributed by atoms with van der Waals surface area (Å²) in [5.74, 6) is -0.345. The van der Waals surface area contributed by atoms with Gasteiger partial charge in [0.15, 0.2) is 6.61 Å². The molecule has 0 saturated carbocycles. The highest BCUT2D eigenvalue weighted by Crippen LogP contribution is 2.18. The van der Waals surface area contributed by atoms with E-state index in [1.165, 1.54) is 13.2 Å². The van der Waals surface area contributed by atoms with Crippen molar-refractivity contribution in [1.82, 2.24) is 5.16 Å². The molecule has 0 aliphatic carbocycles. The van der Waals surface area contributed by atoms with Crippen LogP contribution in [0.4, 0.5) is 5.69 Å². The quantitative estimate of drug-likeness (QED) is 0.844. The van der Waals surface area contributed by atoms with E-state index in [0.29, 0.717) is 17.1 Å². The number of nitrogens with zero attached hydrogens (tertiary/aromatic N) is 1. The molecule has 2 aromatic rings. The number of hydrogen-bond donors (Lipinski definition) is 1. The number of ether oxygens (including phenoxy) is 2. The van der Waals surface area contributed by atoms with Crippen molar-refractivity contribution in [3.8, 4) is 5.75 Å². The summed E-state index contributed by atoms with van der Waals surface area (Å²) in [7, 11) is 1.28. The van der Waals surface area contributed by atoms with Gasteiger partial charge in [-0.3, -0.25) is 4.79 Å². The van der Waals surface area contributed by atoms with Crippen LogP contribution in [0.2, 0.25) is 0 Å². The number of anilines is 1. The molecule has 7 nitrogen and oxygen atoms in total. The second kappa shape index (κ2) is 6.56. The largest absolute Gasteiger partial charge is 0.482 e. The standard InChI is InChI=1S/C14H14N2O5/c1-9-6-12(21-16-9)14(18)15-10-4-3-5-11(7-10)20-8-13(17)19-2/h3-7H,8H2,1-2H3,(H,15,18). The molecule has 0 unspecified atom stereocenters. The molecule has 1 aromatic carbocycles. The lowest BCUT2D eigenvalue weighted by Crippen LogP contribution is -2.13. The number of esters is 1. The van der Waals surface area contributed by atoms with Crippen LogP contribution in [0, 0.1) is 6.92 Å². The summed E-state index contributed by atoms with van der Waals surface area (Å²) in [4.78, 5) is 22.9. The lowest BCUT2D eigenvalue weighted by atomic mass is 10.3. The van der Waals surface area contributed by atoms with Gasteiger partial charge in [-0.25, -0.2) is 4.79 Å². The summed E-state index contributed by atoms with van der Waals surface area (Å²) < 4.78 is 14.6. The molecule has 1 aromatic heterocycles. The molecule has 0 saturated heterocycles. The Morgan fingerprint density at radius 3 is 2.81 bits per heavy atom. The molecule has 1 N–H and O–H groups in total. The number of benzene rings is 1. The zero-order chi connectivity index (χ0) is 15.2. The van der Waals surface area contributed by atoms with E-state index in [-0.39, 0.29) is 12.4 Å². The first kappa shape index (κ1) is 14.6. The smallest absolute Gasteiger partial charge is 0.343 e. The maximum atomic E-state index is 11.9. The van der Waals surface area contributed by atoms with E-state index >= 15 is 0 Å². The Morgan fingerprint density at radius 1 is 1.33 bits per heavy atom. The second-order valence-electron chi connectivity index (χ2n) is 4.18. The highest BCUT2D eigenvalue weighted by Gasteiger charge is 2.12. The van der Waals surface area contributed by atoms with E-state index in [9.17, 15) is 9.59 Å². The number of rotatable bonds is 5. The zero-order valence-corrected chi connectivity index (χ0v) is 11.6. The summed E-state index contributed by atoms with van der Waals surface area (Å²) in [6, 6.07) is 8.16. The van der Waals surface area contributed by atoms with E-state index in [4.69, 9.17) is 9.26 Å². The van der Waals surface area contributed by atoms with Gasteiger partial charge in [-0.15, -0.1) is 0 Å². The van der Waals surface area contributed by atoms with E-state index in [0.717, 1.165) is 0 Å².